The smallest absolute Gasteiger partial charge is 0.359 e. The summed E-state index contributed by atoms with van der Waals surface area (Å²) in [4.78, 5) is 25.4. The third-order valence-corrected chi connectivity index (χ3v) is 5.66. The van der Waals surface area contributed by atoms with Crippen LogP contribution < -0.4 is 0 Å². The van der Waals surface area contributed by atoms with E-state index in [4.69, 9.17) is 0 Å². The first kappa shape index (κ1) is 23.9. The van der Waals surface area contributed by atoms with Crippen LogP contribution in [0.3, 0.4) is 0 Å². The van der Waals surface area contributed by atoms with Gasteiger partial charge in [-0.1, -0.05) is 84.0 Å². The van der Waals surface area contributed by atoms with Gasteiger partial charge >= 0.3 is 5.97 Å². The van der Waals surface area contributed by atoms with E-state index in [0.717, 1.165) is 19.3 Å². The SMILES string of the molecule is CCCCCCCCCCCCCCCC(=O)N1CCC[C@@]1(O)C(=O)OC. The number of ether oxygens (including phenoxy) is 1. The number of hydrogen-bond acceptors (Lipinski definition) is 4. The number of carbonyl (C=O) groups excluding carboxylic acids is 2. The van der Waals surface area contributed by atoms with E-state index in [9.17, 15) is 14.7 Å². The van der Waals surface area contributed by atoms with E-state index < -0.39 is 11.7 Å². The van der Waals surface area contributed by atoms with Crippen molar-refractivity contribution in [1.29, 1.82) is 0 Å². The van der Waals surface area contributed by atoms with Crippen molar-refractivity contribution in [2.45, 2.75) is 115 Å². The number of nitrogens with zero attached hydrogens (tertiary/aromatic N) is 1. The molecule has 0 aromatic heterocycles. The first-order valence-corrected chi connectivity index (χ1v) is 11.2. The highest BCUT2D eigenvalue weighted by molar-refractivity contribution is 5.87. The summed E-state index contributed by atoms with van der Waals surface area (Å²) >= 11 is 0. The molecule has 0 aliphatic carbocycles. The van der Waals surface area contributed by atoms with Crippen molar-refractivity contribution in [2.24, 2.45) is 0 Å². The van der Waals surface area contributed by atoms with Crippen molar-refractivity contribution in [3.8, 4) is 0 Å². The maximum absolute atomic E-state index is 12.3. The van der Waals surface area contributed by atoms with E-state index >= 15 is 0 Å². The number of amides is 1. The van der Waals surface area contributed by atoms with Crippen LogP contribution >= 0.6 is 0 Å². The van der Waals surface area contributed by atoms with Crippen LogP contribution in [0.5, 0.6) is 0 Å². The van der Waals surface area contributed by atoms with Crippen LogP contribution in [0.2, 0.25) is 0 Å². The lowest BCUT2D eigenvalue weighted by Gasteiger charge is -2.30. The predicted octanol–water partition coefficient (Wildman–Crippen LogP) is 4.95. The summed E-state index contributed by atoms with van der Waals surface area (Å²) in [6, 6.07) is 0. The highest BCUT2D eigenvalue weighted by Crippen LogP contribution is 2.29. The Morgan fingerprint density at radius 2 is 1.37 bits per heavy atom. The Balaban J connectivity index is 2.00. The van der Waals surface area contributed by atoms with Gasteiger partial charge in [-0.2, -0.15) is 0 Å². The summed E-state index contributed by atoms with van der Waals surface area (Å²) in [7, 11) is 1.24. The molecule has 1 fully saturated rings. The zero-order valence-electron chi connectivity index (χ0n) is 17.6. The molecule has 1 aliphatic rings. The zero-order valence-corrected chi connectivity index (χ0v) is 17.6. The quantitative estimate of drug-likeness (QED) is 0.321. The Morgan fingerprint density at radius 1 is 0.889 bits per heavy atom. The summed E-state index contributed by atoms with van der Waals surface area (Å²) in [6.07, 6.45) is 17.8. The standard InChI is InChI=1S/C22H41NO4/c1-3-4-5-6-7-8-9-10-11-12-13-14-15-17-20(24)23-19-16-18-22(23,26)21(25)27-2/h26H,3-19H2,1-2H3/t22-/m1/s1. The largest absolute Gasteiger partial charge is 0.465 e. The minimum absolute atomic E-state index is 0.136. The number of rotatable bonds is 15. The third kappa shape index (κ3) is 8.63. The number of esters is 1. The van der Waals surface area contributed by atoms with Crippen LogP contribution in [0.4, 0.5) is 0 Å². The topological polar surface area (TPSA) is 66.8 Å². The van der Waals surface area contributed by atoms with Crippen molar-refractivity contribution >= 4 is 11.9 Å². The van der Waals surface area contributed by atoms with Gasteiger partial charge in [0, 0.05) is 19.4 Å². The molecule has 27 heavy (non-hydrogen) atoms. The lowest BCUT2D eigenvalue weighted by molar-refractivity contribution is -0.185. The Labute approximate surface area is 165 Å². The molecule has 0 bridgehead atoms. The Bertz CT molecular complexity index is 427. The number of unbranched alkanes of at least 4 members (excludes halogenated alkanes) is 12. The lowest BCUT2D eigenvalue weighted by atomic mass is 10.0. The van der Waals surface area contributed by atoms with E-state index in [1.165, 1.54) is 76.2 Å². The highest BCUT2D eigenvalue weighted by Gasteiger charge is 2.49. The number of aliphatic hydroxyl groups is 1. The minimum atomic E-state index is -1.75. The molecule has 1 amide bonds. The zero-order chi connectivity index (χ0) is 20.0. The summed E-state index contributed by atoms with van der Waals surface area (Å²) in [6.45, 7) is 2.69. The van der Waals surface area contributed by atoms with Gasteiger partial charge in [0.25, 0.3) is 0 Å². The minimum Gasteiger partial charge on any atom is -0.465 e. The van der Waals surface area contributed by atoms with Crippen molar-refractivity contribution in [3.05, 3.63) is 0 Å². The molecule has 0 spiro atoms. The molecule has 1 heterocycles. The molecule has 0 saturated carbocycles. The second kappa shape index (κ2) is 14.0. The Morgan fingerprint density at radius 3 is 1.85 bits per heavy atom. The van der Waals surface area contributed by atoms with Crippen LogP contribution in [-0.4, -0.2) is 41.3 Å². The molecule has 1 rings (SSSR count). The second-order valence-corrected chi connectivity index (χ2v) is 7.95. The van der Waals surface area contributed by atoms with Gasteiger partial charge in [0.05, 0.1) is 7.11 Å². The van der Waals surface area contributed by atoms with E-state index in [2.05, 4.69) is 11.7 Å². The third-order valence-electron chi connectivity index (χ3n) is 5.66. The van der Waals surface area contributed by atoms with Crippen molar-refractivity contribution < 1.29 is 19.4 Å². The van der Waals surface area contributed by atoms with E-state index in [0.29, 0.717) is 19.4 Å². The first-order valence-electron chi connectivity index (χ1n) is 11.2. The van der Waals surface area contributed by atoms with E-state index in [-0.39, 0.29) is 12.3 Å². The molecule has 1 saturated heterocycles. The van der Waals surface area contributed by atoms with Crippen LogP contribution in [-0.2, 0) is 14.3 Å². The van der Waals surface area contributed by atoms with E-state index in [1.54, 1.807) is 0 Å². The van der Waals surface area contributed by atoms with Gasteiger partial charge < -0.3 is 14.7 Å². The van der Waals surface area contributed by atoms with Crippen molar-refractivity contribution in [1.82, 2.24) is 4.90 Å². The van der Waals surface area contributed by atoms with Crippen LogP contribution in [0.25, 0.3) is 0 Å². The summed E-state index contributed by atoms with van der Waals surface area (Å²) in [5.41, 5.74) is -1.75. The average molecular weight is 384 g/mol. The molecule has 1 N–H and O–H groups in total. The van der Waals surface area contributed by atoms with Crippen LogP contribution in [0, 0.1) is 0 Å². The van der Waals surface area contributed by atoms with Gasteiger partial charge in [-0.3, -0.25) is 4.79 Å². The monoisotopic (exact) mass is 383 g/mol. The van der Waals surface area contributed by atoms with Crippen LogP contribution in [0.1, 0.15) is 110 Å². The Kier molecular flexibility index (Phi) is 12.4. The first-order chi connectivity index (χ1) is 13.1. The summed E-state index contributed by atoms with van der Waals surface area (Å²) in [5.74, 6) is -0.859. The fraction of sp³-hybridized carbons (Fsp3) is 0.909. The fourth-order valence-electron chi connectivity index (χ4n) is 3.94. The van der Waals surface area contributed by atoms with E-state index in [1.807, 2.05) is 0 Å². The van der Waals surface area contributed by atoms with Crippen LogP contribution in [0.15, 0.2) is 0 Å². The van der Waals surface area contributed by atoms with Crippen molar-refractivity contribution in [3.63, 3.8) is 0 Å². The number of carbonyl (C=O) groups is 2. The fourth-order valence-corrected chi connectivity index (χ4v) is 3.94. The highest BCUT2D eigenvalue weighted by atomic mass is 16.5. The molecule has 1 aliphatic heterocycles. The number of hydrogen-bond donors (Lipinski definition) is 1. The maximum Gasteiger partial charge on any atom is 0.359 e. The molecule has 0 radical (unpaired) electrons. The molecule has 0 unspecified atom stereocenters. The molecular formula is C22H41NO4. The van der Waals surface area contributed by atoms with Gasteiger partial charge in [0.2, 0.25) is 11.6 Å². The average Bonchev–Trinajstić information content (AvgIpc) is 3.07. The molecule has 0 aromatic carbocycles. The normalized spacial score (nSPS) is 19.4. The van der Waals surface area contributed by atoms with Gasteiger partial charge in [0.1, 0.15) is 0 Å². The Hall–Kier alpha value is -1.10. The number of methoxy groups -OCH3 is 1. The van der Waals surface area contributed by atoms with Gasteiger partial charge in [-0.15, -0.1) is 0 Å². The second-order valence-electron chi connectivity index (χ2n) is 7.95. The maximum atomic E-state index is 12.3. The summed E-state index contributed by atoms with van der Waals surface area (Å²) in [5, 5.41) is 10.4. The van der Waals surface area contributed by atoms with Gasteiger partial charge in [0.15, 0.2) is 0 Å². The predicted molar refractivity (Wildman–Crippen MR) is 108 cm³/mol. The lowest BCUT2D eigenvalue weighted by Crippen LogP contribution is -2.53. The van der Waals surface area contributed by atoms with Gasteiger partial charge in [-0.05, 0) is 12.8 Å². The van der Waals surface area contributed by atoms with Gasteiger partial charge in [-0.25, -0.2) is 4.79 Å². The molecule has 1 atom stereocenters. The van der Waals surface area contributed by atoms with Crippen molar-refractivity contribution in [2.75, 3.05) is 13.7 Å². The molecule has 5 nitrogen and oxygen atoms in total. The molecular weight excluding hydrogens is 342 g/mol. The summed E-state index contributed by atoms with van der Waals surface area (Å²) < 4.78 is 4.66. The molecule has 0 aromatic rings. The molecule has 5 heteroatoms. The number of likely N-dealkylation sites (tertiary alicyclic amines) is 1. The molecule has 158 valence electrons.